The minimum atomic E-state index is 0.378. The summed E-state index contributed by atoms with van der Waals surface area (Å²) < 4.78 is 5.65. The van der Waals surface area contributed by atoms with Crippen molar-refractivity contribution in [3.8, 4) is 0 Å². The summed E-state index contributed by atoms with van der Waals surface area (Å²) in [5, 5.41) is 4.14. The number of thioether (sulfide) groups is 1. The van der Waals surface area contributed by atoms with Crippen LogP contribution in [0.25, 0.3) is 0 Å². The van der Waals surface area contributed by atoms with Gasteiger partial charge < -0.3 is 15.0 Å². The monoisotopic (exact) mass is 218 g/mol. The van der Waals surface area contributed by atoms with Crippen molar-refractivity contribution >= 4 is 11.8 Å². The van der Waals surface area contributed by atoms with Gasteiger partial charge in [-0.3, -0.25) is 0 Å². The summed E-state index contributed by atoms with van der Waals surface area (Å²) >= 11 is 1.90. The van der Waals surface area contributed by atoms with Crippen LogP contribution < -0.4 is 5.32 Å². The van der Waals surface area contributed by atoms with Gasteiger partial charge in [0.1, 0.15) is 0 Å². The Morgan fingerprint density at radius 1 is 1.64 bits per heavy atom. The van der Waals surface area contributed by atoms with Crippen molar-refractivity contribution in [3.63, 3.8) is 0 Å². The van der Waals surface area contributed by atoms with Crippen molar-refractivity contribution in [1.29, 1.82) is 0 Å². The third kappa shape index (κ3) is 4.64. The van der Waals surface area contributed by atoms with Crippen molar-refractivity contribution in [1.82, 2.24) is 10.2 Å². The Hall–Kier alpha value is 0.230. The molecule has 84 valence electrons. The van der Waals surface area contributed by atoms with Gasteiger partial charge in [0.25, 0.3) is 0 Å². The average Bonchev–Trinajstić information content (AvgIpc) is 2.17. The van der Waals surface area contributed by atoms with Crippen LogP contribution >= 0.6 is 11.8 Å². The first-order valence-electron chi connectivity index (χ1n) is 5.26. The predicted molar refractivity (Wildman–Crippen MR) is 63.1 cm³/mol. The van der Waals surface area contributed by atoms with E-state index in [1.807, 2.05) is 11.8 Å². The van der Waals surface area contributed by atoms with E-state index in [0.717, 1.165) is 32.8 Å². The van der Waals surface area contributed by atoms with Gasteiger partial charge in [-0.1, -0.05) is 6.92 Å². The Labute approximate surface area is 91.6 Å². The molecule has 14 heavy (non-hydrogen) atoms. The van der Waals surface area contributed by atoms with E-state index in [1.165, 1.54) is 0 Å². The molecule has 0 aliphatic carbocycles. The lowest BCUT2D eigenvalue weighted by atomic mass is 10.3. The van der Waals surface area contributed by atoms with Crippen LogP contribution in [0.5, 0.6) is 0 Å². The molecule has 0 radical (unpaired) electrons. The molecule has 0 aromatic heterocycles. The zero-order chi connectivity index (χ0) is 10.4. The van der Waals surface area contributed by atoms with Gasteiger partial charge >= 0.3 is 0 Å². The molecule has 1 rings (SSSR count). The minimum Gasteiger partial charge on any atom is -0.374 e. The maximum Gasteiger partial charge on any atom is 0.0826 e. The Bertz CT molecular complexity index is 157. The molecule has 0 aromatic carbocycles. The Morgan fingerprint density at radius 2 is 2.43 bits per heavy atom. The molecule has 2 unspecified atom stereocenters. The molecule has 0 aromatic rings. The van der Waals surface area contributed by atoms with Crippen LogP contribution in [-0.4, -0.2) is 62.3 Å². The van der Waals surface area contributed by atoms with Gasteiger partial charge in [0.05, 0.1) is 12.7 Å². The largest absolute Gasteiger partial charge is 0.374 e. The highest BCUT2D eigenvalue weighted by atomic mass is 32.2. The lowest BCUT2D eigenvalue weighted by Crippen LogP contribution is -2.45. The average molecular weight is 218 g/mol. The zero-order valence-corrected chi connectivity index (χ0v) is 10.3. The number of nitrogens with one attached hydrogen (secondary N) is 1. The topological polar surface area (TPSA) is 24.5 Å². The molecule has 3 nitrogen and oxygen atoms in total. The molecule has 1 saturated heterocycles. The fourth-order valence-electron chi connectivity index (χ4n) is 1.52. The molecular weight excluding hydrogens is 196 g/mol. The van der Waals surface area contributed by atoms with Gasteiger partial charge in [0, 0.05) is 31.4 Å². The molecule has 1 fully saturated rings. The van der Waals surface area contributed by atoms with Crippen LogP contribution in [0.4, 0.5) is 0 Å². The standard InChI is InChI=1S/C10H22N2OS/c1-9(14-3)6-11-7-10-8-12(2)4-5-13-10/h9-11H,4-8H2,1-3H3. The molecule has 2 atom stereocenters. The van der Waals surface area contributed by atoms with Crippen molar-refractivity contribution in [3.05, 3.63) is 0 Å². The Morgan fingerprint density at radius 3 is 3.07 bits per heavy atom. The molecule has 1 aliphatic heterocycles. The third-order valence-electron chi connectivity index (χ3n) is 2.55. The SMILES string of the molecule is CSC(C)CNCC1CN(C)CCO1. The van der Waals surface area contributed by atoms with Crippen LogP contribution in [0, 0.1) is 0 Å². The van der Waals surface area contributed by atoms with E-state index in [9.17, 15) is 0 Å². The lowest BCUT2D eigenvalue weighted by Gasteiger charge is -2.30. The van der Waals surface area contributed by atoms with E-state index in [-0.39, 0.29) is 0 Å². The van der Waals surface area contributed by atoms with Crippen molar-refractivity contribution in [2.45, 2.75) is 18.3 Å². The molecule has 1 heterocycles. The number of hydrogen-bond donors (Lipinski definition) is 1. The lowest BCUT2D eigenvalue weighted by molar-refractivity contribution is -0.0179. The maximum absolute atomic E-state index is 5.65. The van der Waals surface area contributed by atoms with Crippen LogP contribution in [0.2, 0.25) is 0 Å². The number of ether oxygens (including phenoxy) is 1. The van der Waals surface area contributed by atoms with Crippen molar-refractivity contribution < 1.29 is 4.74 Å². The number of morpholine rings is 1. The fraction of sp³-hybridized carbons (Fsp3) is 1.00. The van der Waals surface area contributed by atoms with E-state index < -0.39 is 0 Å². The Balaban J connectivity index is 2.05. The summed E-state index contributed by atoms with van der Waals surface area (Å²) in [6, 6.07) is 0. The Kier molecular flexibility index (Phi) is 5.86. The first-order valence-corrected chi connectivity index (χ1v) is 6.55. The predicted octanol–water partition coefficient (Wildman–Crippen LogP) is 0.658. The quantitative estimate of drug-likeness (QED) is 0.732. The highest BCUT2D eigenvalue weighted by Gasteiger charge is 2.16. The highest BCUT2D eigenvalue weighted by molar-refractivity contribution is 7.99. The van der Waals surface area contributed by atoms with E-state index in [2.05, 4.69) is 30.4 Å². The van der Waals surface area contributed by atoms with Crippen LogP contribution in [0.15, 0.2) is 0 Å². The van der Waals surface area contributed by atoms with Gasteiger partial charge in [-0.15, -0.1) is 0 Å². The van der Waals surface area contributed by atoms with Gasteiger partial charge in [-0.2, -0.15) is 11.8 Å². The zero-order valence-electron chi connectivity index (χ0n) is 9.45. The summed E-state index contributed by atoms with van der Waals surface area (Å²) in [5.41, 5.74) is 0. The summed E-state index contributed by atoms with van der Waals surface area (Å²) in [7, 11) is 2.15. The number of hydrogen-bond acceptors (Lipinski definition) is 4. The molecule has 1 N–H and O–H groups in total. The fourth-order valence-corrected chi connectivity index (χ4v) is 1.81. The molecule has 0 amide bonds. The molecular formula is C10H22N2OS. The van der Waals surface area contributed by atoms with E-state index in [1.54, 1.807) is 0 Å². The first-order chi connectivity index (χ1) is 6.72. The normalized spacial score (nSPS) is 26.4. The highest BCUT2D eigenvalue weighted by Crippen LogP contribution is 2.04. The van der Waals surface area contributed by atoms with Crippen molar-refractivity contribution in [2.75, 3.05) is 46.1 Å². The van der Waals surface area contributed by atoms with Gasteiger partial charge in [0.15, 0.2) is 0 Å². The summed E-state index contributed by atoms with van der Waals surface area (Å²) in [6.07, 6.45) is 2.53. The first kappa shape index (κ1) is 12.3. The summed E-state index contributed by atoms with van der Waals surface area (Å²) in [4.78, 5) is 2.33. The number of rotatable bonds is 5. The van der Waals surface area contributed by atoms with Gasteiger partial charge in [-0.25, -0.2) is 0 Å². The molecule has 1 aliphatic rings. The van der Waals surface area contributed by atoms with Crippen LogP contribution in [0.1, 0.15) is 6.92 Å². The van der Waals surface area contributed by atoms with Crippen LogP contribution in [0.3, 0.4) is 0 Å². The third-order valence-corrected chi connectivity index (χ3v) is 3.52. The van der Waals surface area contributed by atoms with E-state index in [4.69, 9.17) is 4.74 Å². The van der Waals surface area contributed by atoms with E-state index >= 15 is 0 Å². The maximum atomic E-state index is 5.65. The van der Waals surface area contributed by atoms with Gasteiger partial charge in [-0.05, 0) is 13.3 Å². The van der Waals surface area contributed by atoms with Crippen molar-refractivity contribution in [2.24, 2.45) is 0 Å². The van der Waals surface area contributed by atoms with Gasteiger partial charge in [0.2, 0.25) is 0 Å². The smallest absolute Gasteiger partial charge is 0.0826 e. The second-order valence-corrected chi connectivity index (χ2v) is 5.24. The summed E-state index contributed by atoms with van der Waals surface area (Å²) in [5.74, 6) is 0. The molecule has 0 bridgehead atoms. The second-order valence-electron chi connectivity index (χ2n) is 3.96. The minimum absolute atomic E-state index is 0.378. The second kappa shape index (κ2) is 6.67. The van der Waals surface area contributed by atoms with E-state index in [0.29, 0.717) is 11.4 Å². The molecule has 4 heteroatoms. The number of nitrogens with zero attached hydrogens (tertiary/aromatic N) is 1. The molecule has 0 spiro atoms. The molecule has 0 saturated carbocycles. The number of likely N-dealkylation sites (N-methyl/N-ethyl adjacent to an activating group) is 1. The van der Waals surface area contributed by atoms with Crippen LogP contribution in [-0.2, 0) is 4.74 Å². The summed E-state index contributed by atoms with van der Waals surface area (Å²) in [6.45, 7) is 7.30.